The number of hydrogen-bond donors (Lipinski definition) is 2. The molecule has 1 aromatic heterocycles. The largest absolute Gasteiger partial charge is 0.497 e. The lowest BCUT2D eigenvalue weighted by Gasteiger charge is -2.34. The number of nitrogens with one attached hydrogen (secondary N) is 1. The van der Waals surface area contributed by atoms with Crippen LogP contribution < -0.4 is 9.46 Å². The molecule has 2 aromatic rings. The number of thiophene rings is 1. The van der Waals surface area contributed by atoms with Crippen molar-refractivity contribution in [1.82, 2.24) is 4.72 Å². The van der Waals surface area contributed by atoms with E-state index in [0.717, 1.165) is 29.7 Å². The van der Waals surface area contributed by atoms with Gasteiger partial charge < -0.3 is 14.6 Å². The van der Waals surface area contributed by atoms with Crippen molar-refractivity contribution in [2.75, 3.05) is 20.8 Å². The van der Waals surface area contributed by atoms with Crippen LogP contribution in [0.3, 0.4) is 0 Å². The van der Waals surface area contributed by atoms with Crippen LogP contribution in [0.25, 0.3) is 0 Å². The Kier molecular flexibility index (Phi) is 5.57. The maximum Gasteiger partial charge on any atom is 0.349 e. The molecule has 1 atom stereocenters. The number of fused-ring (bicyclic) bond motifs is 1. The van der Waals surface area contributed by atoms with Crippen LogP contribution in [-0.4, -0.2) is 40.3 Å². The molecule has 27 heavy (non-hydrogen) atoms. The van der Waals surface area contributed by atoms with Gasteiger partial charge in [-0.05, 0) is 54.0 Å². The Balaban J connectivity index is 1.85. The molecule has 7 nitrogen and oxygen atoms in total. The number of methoxy groups -OCH3 is 2. The number of benzene rings is 1. The zero-order valence-corrected chi connectivity index (χ0v) is 16.7. The molecule has 1 unspecified atom stereocenters. The number of rotatable bonds is 6. The average molecular weight is 412 g/mol. The fourth-order valence-corrected chi connectivity index (χ4v) is 5.71. The van der Waals surface area contributed by atoms with Crippen molar-refractivity contribution in [3.05, 3.63) is 45.6 Å². The van der Waals surface area contributed by atoms with E-state index in [1.165, 1.54) is 18.6 Å². The maximum atomic E-state index is 12.7. The molecule has 2 N–H and O–H groups in total. The summed E-state index contributed by atoms with van der Waals surface area (Å²) in [4.78, 5) is 11.6. The molecule has 3 rings (SSSR count). The standard InChI is InChI=1S/C18H21NO6S2/c1-24-13-5-6-14-12(10-13)4-3-8-18(14,21)11-19-27(22,23)15-7-9-26-16(15)17(20)25-2/h5-7,9-10,19,21H,3-4,8,11H2,1-2H3. The van der Waals surface area contributed by atoms with Crippen molar-refractivity contribution in [1.29, 1.82) is 0 Å². The van der Waals surface area contributed by atoms with Gasteiger partial charge in [0.2, 0.25) is 10.0 Å². The van der Waals surface area contributed by atoms with E-state index >= 15 is 0 Å². The second kappa shape index (κ2) is 7.59. The molecule has 1 heterocycles. The first-order valence-corrected chi connectivity index (χ1v) is 10.7. The van der Waals surface area contributed by atoms with Crippen LogP contribution in [0.15, 0.2) is 34.5 Å². The van der Waals surface area contributed by atoms with Crippen molar-refractivity contribution >= 4 is 27.3 Å². The normalized spacial score (nSPS) is 19.4. The van der Waals surface area contributed by atoms with E-state index in [2.05, 4.69) is 9.46 Å². The number of hydrogen-bond acceptors (Lipinski definition) is 7. The van der Waals surface area contributed by atoms with Crippen LogP contribution in [0.1, 0.15) is 33.6 Å². The van der Waals surface area contributed by atoms with Gasteiger partial charge in [-0.25, -0.2) is 17.9 Å². The third-order valence-corrected chi connectivity index (χ3v) is 7.16. The smallest absolute Gasteiger partial charge is 0.349 e. The molecule has 0 amide bonds. The van der Waals surface area contributed by atoms with Gasteiger partial charge in [0.15, 0.2) is 0 Å². The fraction of sp³-hybridized carbons (Fsp3) is 0.389. The van der Waals surface area contributed by atoms with Crippen molar-refractivity contribution in [3.8, 4) is 5.75 Å². The van der Waals surface area contributed by atoms with Gasteiger partial charge in [0.05, 0.1) is 14.2 Å². The third-order valence-electron chi connectivity index (χ3n) is 4.69. The number of aliphatic hydroxyl groups is 1. The number of aryl methyl sites for hydroxylation is 1. The van der Waals surface area contributed by atoms with Crippen molar-refractivity contribution in [2.45, 2.75) is 29.8 Å². The first-order valence-electron chi connectivity index (χ1n) is 8.36. The van der Waals surface area contributed by atoms with Crippen molar-refractivity contribution in [3.63, 3.8) is 0 Å². The predicted molar refractivity (Wildman–Crippen MR) is 101 cm³/mol. The van der Waals surface area contributed by atoms with Crippen LogP contribution in [-0.2, 0) is 26.8 Å². The maximum absolute atomic E-state index is 12.7. The Morgan fingerprint density at radius 3 is 2.81 bits per heavy atom. The summed E-state index contributed by atoms with van der Waals surface area (Å²) < 4.78 is 37.7. The first kappa shape index (κ1) is 19.8. The van der Waals surface area contributed by atoms with Crippen molar-refractivity contribution < 1.29 is 27.8 Å². The number of carbonyl (C=O) groups is 1. The second-order valence-corrected chi connectivity index (χ2v) is 8.99. The molecule has 1 aliphatic carbocycles. The van der Waals surface area contributed by atoms with E-state index in [1.807, 2.05) is 6.07 Å². The molecule has 0 aliphatic heterocycles. The van der Waals surface area contributed by atoms with Gasteiger partial charge in [-0.3, -0.25) is 0 Å². The first-order chi connectivity index (χ1) is 12.8. The minimum Gasteiger partial charge on any atom is -0.497 e. The summed E-state index contributed by atoms with van der Waals surface area (Å²) in [6, 6.07) is 6.73. The Morgan fingerprint density at radius 1 is 1.33 bits per heavy atom. The molecular weight excluding hydrogens is 390 g/mol. The summed E-state index contributed by atoms with van der Waals surface area (Å²) in [5.41, 5.74) is 0.304. The van der Waals surface area contributed by atoms with Crippen molar-refractivity contribution in [2.24, 2.45) is 0 Å². The summed E-state index contributed by atoms with van der Waals surface area (Å²) in [7, 11) is -1.21. The quantitative estimate of drug-likeness (QED) is 0.706. The van der Waals surface area contributed by atoms with Crippen LogP contribution in [0, 0.1) is 0 Å². The topological polar surface area (TPSA) is 102 Å². The summed E-state index contributed by atoms with van der Waals surface area (Å²) in [5.74, 6) is -0.0150. The van der Waals surface area contributed by atoms with Crippen LogP contribution in [0.4, 0.5) is 0 Å². The molecule has 0 saturated carbocycles. The van der Waals surface area contributed by atoms with E-state index in [1.54, 1.807) is 19.2 Å². The minimum absolute atomic E-state index is 0.00534. The highest BCUT2D eigenvalue weighted by atomic mass is 32.2. The fourth-order valence-electron chi connectivity index (χ4n) is 3.29. The number of carbonyl (C=O) groups excluding carboxylic acids is 1. The van der Waals surface area contributed by atoms with Gasteiger partial charge in [-0.1, -0.05) is 6.07 Å². The molecule has 0 fully saturated rings. The molecular formula is C18H21NO6S2. The number of sulfonamides is 1. The van der Waals surface area contributed by atoms with Crippen LogP contribution in [0.2, 0.25) is 0 Å². The lowest BCUT2D eigenvalue weighted by molar-refractivity contribution is 0.0242. The molecule has 0 radical (unpaired) electrons. The van der Waals surface area contributed by atoms with Gasteiger partial charge in [-0.15, -0.1) is 11.3 Å². The lowest BCUT2D eigenvalue weighted by Crippen LogP contribution is -2.43. The molecule has 0 bridgehead atoms. The number of esters is 1. The van der Waals surface area contributed by atoms with E-state index in [9.17, 15) is 18.3 Å². The van der Waals surface area contributed by atoms with Crippen LogP contribution in [0.5, 0.6) is 5.75 Å². The molecule has 146 valence electrons. The Bertz CT molecular complexity index is 953. The SMILES string of the molecule is COC(=O)c1sccc1S(=O)(=O)NCC1(O)CCCc2cc(OC)ccc21. The van der Waals surface area contributed by atoms with E-state index in [-0.39, 0.29) is 16.3 Å². The average Bonchev–Trinajstić information content (AvgIpc) is 3.17. The highest BCUT2D eigenvalue weighted by molar-refractivity contribution is 7.89. The van der Waals surface area contributed by atoms with Gasteiger partial charge in [0, 0.05) is 6.54 Å². The Hall–Kier alpha value is -1.94. The molecule has 0 saturated heterocycles. The van der Waals surface area contributed by atoms with E-state index in [4.69, 9.17) is 4.74 Å². The Morgan fingerprint density at radius 2 is 2.11 bits per heavy atom. The minimum atomic E-state index is -3.98. The predicted octanol–water partition coefficient (Wildman–Crippen LogP) is 2.05. The number of ether oxygens (including phenoxy) is 2. The van der Waals surface area contributed by atoms with E-state index in [0.29, 0.717) is 17.7 Å². The highest BCUT2D eigenvalue weighted by Gasteiger charge is 2.36. The van der Waals surface area contributed by atoms with Gasteiger partial charge >= 0.3 is 5.97 Å². The molecule has 1 aromatic carbocycles. The highest BCUT2D eigenvalue weighted by Crippen LogP contribution is 2.37. The molecule has 1 aliphatic rings. The summed E-state index contributed by atoms with van der Waals surface area (Å²) >= 11 is 0.992. The third kappa shape index (κ3) is 3.86. The van der Waals surface area contributed by atoms with Gasteiger partial charge in [0.25, 0.3) is 0 Å². The lowest BCUT2D eigenvalue weighted by atomic mass is 9.79. The van der Waals surface area contributed by atoms with E-state index < -0.39 is 21.6 Å². The molecule has 9 heteroatoms. The summed E-state index contributed by atoms with van der Waals surface area (Å²) in [5, 5.41) is 12.6. The summed E-state index contributed by atoms with van der Waals surface area (Å²) in [6.45, 7) is -0.189. The van der Waals surface area contributed by atoms with Crippen LogP contribution >= 0.6 is 11.3 Å². The Labute approximate surface area is 162 Å². The monoisotopic (exact) mass is 411 g/mol. The second-order valence-electron chi connectivity index (χ2n) is 6.34. The van der Waals surface area contributed by atoms with Gasteiger partial charge in [0.1, 0.15) is 21.1 Å². The zero-order chi connectivity index (χ0) is 19.7. The molecule has 0 spiro atoms. The van der Waals surface area contributed by atoms with Gasteiger partial charge in [-0.2, -0.15) is 0 Å². The summed E-state index contributed by atoms with van der Waals surface area (Å²) in [6.07, 6.45) is 1.95. The zero-order valence-electron chi connectivity index (χ0n) is 15.0.